The summed E-state index contributed by atoms with van der Waals surface area (Å²) >= 11 is 0. The van der Waals surface area contributed by atoms with Gasteiger partial charge in [-0.25, -0.2) is 0 Å². The SMILES string of the molecule is O=C(C1CCCCCCC1)N1CCOCC1. The van der Waals surface area contributed by atoms with Crippen LogP contribution in [0.2, 0.25) is 0 Å². The van der Waals surface area contributed by atoms with Gasteiger partial charge in [-0.05, 0) is 12.8 Å². The van der Waals surface area contributed by atoms with E-state index in [9.17, 15) is 4.79 Å². The number of morpholine rings is 1. The lowest BCUT2D eigenvalue weighted by molar-refractivity contribution is -0.140. The Morgan fingerprint density at radius 1 is 0.938 bits per heavy atom. The van der Waals surface area contributed by atoms with Crippen molar-refractivity contribution in [2.45, 2.75) is 44.9 Å². The largest absolute Gasteiger partial charge is 0.378 e. The fraction of sp³-hybridized carbons (Fsp3) is 0.923. The average molecular weight is 225 g/mol. The van der Waals surface area contributed by atoms with Gasteiger partial charge in [0.1, 0.15) is 0 Å². The van der Waals surface area contributed by atoms with E-state index in [4.69, 9.17) is 4.74 Å². The third-order valence-corrected chi connectivity index (χ3v) is 3.78. The van der Waals surface area contributed by atoms with E-state index >= 15 is 0 Å². The molecule has 1 saturated heterocycles. The van der Waals surface area contributed by atoms with E-state index in [-0.39, 0.29) is 0 Å². The number of amides is 1. The van der Waals surface area contributed by atoms with Gasteiger partial charge in [0.2, 0.25) is 5.91 Å². The first-order valence-corrected chi connectivity index (χ1v) is 6.74. The second-order valence-corrected chi connectivity index (χ2v) is 4.98. The highest BCUT2D eigenvalue weighted by molar-refractivity contribution is 5.78. The maximum atomic E-state index is 12.3. The molecule has 0 aromatic heterocycles. The van der Waals surface area contributed by atoms with Crippen LogP contribution in [-0.2, 0) is 9.53 Å². The number of carbonyl (C=O) groups excluding carboxylic acids is 1. The number of hydrogen-bond acceptors (Lipinski definition) is 2. The molecule has 0 radical (unpaired) electrons. The second kappa shape index (κ2) is 6.24. The fourth-order valence-corrected chi connectivity index (χ4v) is 2.75. The molecule has 3 heteroatoms. The van der Waals surface area contributed by atoms with Crippen LogP contribution in [-0.4, -0.2) is 37.1 Å². The molecule has 0 aromatic rings. The van der Waals surface area contributed by atoms with Crippen molar-refractivity contribution >= 4 is 5.91 Å². The van der Waals surface area contributed by atoms with Gasteiger partial charge in [0.25, 0.3) is 0 Å². The lowest BCUT2D eigenvalue weighted by atomic mass is 9.90. The zero-order chi connectivity index (χ0) is 11.2. The molecule has 1 heterocycles. The molecule has 2 aliphatic rings. The number of rotatable bonds is 1. The molecule has 3 nitrogen and oxygen atoms in total. The Hall–Kier alpha value is -0.570. The number of carbonyl (C=O) groups is 1. The van der Waals surface area contributed by atoms with Gasteiger partial charge in [0.15, 0.2) is 0 Å². The zero-order valence-corrected chi connectivity index (χ0v) is 10.1. The molecule has 2 rings (SSSR count). The Labute approximate surface area is 98.1 Å². The molecule has 0 N–H and O–H groups in total. The van der Waals surface area contributed by atoms with Gasteiger partial charge in [-0.15, -0.1) is 0 Å². The highest BCUT2D eigenvalue weighted by atomic mass is 16.5. The third-order valence-electron chi connectivity index (χ3n) is 3.78. The minimum atomic E-state index is 0.304. The van der Waals surface area contributed by atoms with Crippen LogP contribution in [0, 0.1) is 5.92 Å². The summed E-state index contributed by atoms with van der Waals surface area (Å²) in [6.45, 7) is 3.04. The molecular formula is C13H23NO2. The molecule has 0 atom stereocenters. The van der Waals surface area contributed by atoms with Crippen LogP contribution in [0.3, 0.4) is 0 Å². The molecular weight excluding hydrogens is 202 g/mol. The van der Waals surface area contributed by atoms with Crippen LogP contribution in [0.4, 0.5) is 0 Å². The molecule has 1 amide bonds. The monoisotopic (exact) mass is 225 g/mol. The Morgan fingerprint density at radius 3 is 2.12 bits per heavy atom. The van der Waals surface area contributed by atoms with Crippen molar-refractivity contribution in [3.8, 4) is 0 Å². The van der Waals surface area contributed by atoms with Gasteiger partial charge in [-0.3, -0.25) is 4.79 Å². The molecule has 1 aliphatic carbocycles. The summed E-state index contributed by atoms with van der Waals surface area (Å²) in [7, 11) is 0. The standard InChI is InChI=1S/C13H23NO2/c15-13(14-8-10-16-11-9-14)12-6-4-2-1-3-5-7-12/h12H,1-11H2. The van der Waals surface area contributed by atoms with Gasteiger partial charge in [-0.2, -0.15) is 0 Å². The van der Waals surface area contributed by atoms with E-state index in [1.807, 2.05) is 4.90 Å². The molecule has 0 spiro atoms. The van der Waals surface area contributed by atoms with Crippen molar-refractivity contribution in [2.24, 2.45) is 5.92 Å². The predicted molar refractivity (Wildman–Crippen MR) is 63.2 cm³/mol. The molecule has 1 saturated carbocycles. The summed E-state index contributed by atoms with van der Waals surface area (Å²) < 4.78 is 5.29. The van der Waals surface area contributed by atoms with Crippen LogP contribution in [0.5, 0.6) is 0 Å². The minimum Gasteiger partial charge on any atom is -0.378 e. The quantitative estimate of drug-likeness (QED) is 0.684. The van der Waals surface area contributed by atoms with Crippen molar-refractivity contribution in [3.63, 3.8) is 0 Å². The first-order chi connectivity index (χ1) is 7.88. The van der Waals surface area contributed by atoms with Gasteiger partial charge < -0.3 is 9.64 Å². The van der Waals surface area contributed by atoms with Crippen molar-refractivity contribution in [1.82, 2.24) is 4.90 Å². The minimum absolute atomic E-state index is 0.304. The van der Waals surface area contributed by atoms with Crippen molar-refractivity contribution in [3.05, 3.63) is 0 Å². The van der Waals surface area contributed by atoms with Crippen LogP contribution < -0.4 is 0 Å². The topological polar surface area (TPSA) is 29.5 Å². The molecule has 2 fully saturated rings. The highest BCUT2D eigenvalue weighted by Crippen LogP contribution is 2.24. The Bertz CT molecular complexity index is 216. The number of nitrogens with zero attached hydrogens (tertiary/aromatic N) is 1. The first-order valence-electron chi connectivity index (χ1n) is 6.74. The lowest BCUT2D eigenvalue weighted by Crippen LogP contribution is -2.43. The van der Waals surface area contributed by atoms with E-state index in [2.05, 4.69) is 0 Å². The van der Waals surface area contributed by atoms with E-state index in [0.29, 0.717) is 11.8 Å². The van der Waals surface area contributed by atoms with Gasteiger partial charge in [-0.1, -0.05) is 32.1 Å². The summed E-state index contributed by atoms with van der Waals surface area (Å²) in [5, 5.41) is 0. The van der Waals surface area contributed by atoms with Crippen molar-refractivity contribution in [2.75, 3.05) is 26.3 Å². The maximum absolute atomic E-state index is 12.3. The van der Waals surface area contributed by atoms with Crippen LogP contribution in [0.1, 0.15) is 44.9 Å². The average Bonchev–Trinajstić information content (AvgIpc) is 2.29. The van der Waals surface area contributed by atoms with Gasteiger partial charge in [0.05, 0.1) is 13.2 Å². The summed E-state index contributed by atoms with van der Waals surface area (Å²) in [5.74, 6) is 0.698. The Balaban J connectivity index is 1.85. The number of hydrogen-bond donors (Lipinski definition) is 0. The van der Waals surface area contributed by atoms with Crippen molar-refractivity contribution < 1.29 is 9.53 Å². The first kappa shape index (κ1) is 11.9. The van der Waals surface area contributed by atoms with Crippen molar-refractivity contribution in [1.29, 1.82) is 0 Å². The van der Waals surface area contributed by atoms with E-state index < -0.39 is 0 Å². The fourth-order valence-electron chi connectivity index (χ4n) is 2.75. The predicted octanol–water partition coefficient (Wildman–Crippen LogP) is 2.21. The molecule has 1 aliphatic heterocycles. The molecule has 16 heavy (non-hydrogen) atoms. The molecule has 0 unspecified atom stereocenters. The molecule has 92 valence electrons. The van der Waals surface area contributed by atoms with E-state index in [1.54, 1.807) is 0 Å². The summed E-state index contributed by atoms with van der Waals surface area (Å²) in [4.78, 5) is 14.3. The second-order valence-electron chi connectivity index (χ2n) is 4.98. The summed E-state index contributed by atoms with van der Waals surface area (Å²) in [6.07, 6.45) is 8.67. The lowest BCUT2D eigenvalue weighted by Gasteiger charge is -2.31. The van der Waals surface area contributed by atoms with Gasteiger partial charge >= 0.3 is 0 Å². The van der Waals surface area contributed by atoms with Gasteiger partial charge in [0, 0.05) is 19.0 Å². The summed E-state index contributed by atoms with van der Waals surface area (Å²) in [5.41, 5.74) is 0. The Kier molecular flexibility index (Phi) is 4.64. The number of ether oxygens (including phenoxy) is 1. The van der Waals surface area contributed by atoms with E-state index in [0.717, 1.165) is 39.1 Å². The van der Waals surface area contributed by atoms with Crippen LogP contribution in [0.25, 0.3) is 0 Å². The highest BCUT2D eigenvalue weighted by Gasteiger charge is 2.25. The third kappa shape index (κ3) is 3.21. The molecule has 0 aromatic carbocycles. The van der Waals surface area contributed by atoms with Crippen LogP contribution in [0.15, 0.2) is 0 Å². The maximum Gasteiger partial charge on any atom is 0.225 e. The normalized spacial score (nSPS) is 24.9. The Morgan fingerprint density at radius 2 is 1.50 bits per heavy atom. The smallest absolute Gasteiger partial charge is 0.225 e. The zero-order valence-electron chi connectivity index (χ0n) is 10.1. The summed E-state index contributed by atoms with van der Waals surface area (Å²) in [6, 6.07) is 0. The molecule has 0 bridgehead atoms. The van der Waals surface area contributed by atoms with Crippen LogP contribution >= 0.6 is 0 Å². The van der Waals surface area contributed by atoms with E-state index in [1.165, 1.54) is 32.1 Å².